The van der Waals surface area contributed by atoms with Gasteiger partial charge in [0.2, 0.25) is 0 Å². The first-order valence-corrected chi connectivity index (χ1v) is 1.79. The van der Waals surface area contributed by atoms with Crippen molar-refractivity contribution >= 4 is 0 Å². The van der Waals surface area contributed by atoms with E-state index < -0.39 is 0 Å². The molecule has 1 heterocycles. The molecule has 0 saturated carbocycles. The quantitative estimate of drug-likeness (QED) is 0.381. The highest BCUT2D eigenvalue weighted by Gasteiger charge is 2.27. The van der Waals surface area contributed by atoms with Gasteiger partial charge in [0, 0.05) is 0 Å². The van der Waals surface area contributed by atoms with Crippen molar-refractivity contribution in [3.63, 3.8) is 0 Å². The van der Waals surface area contributed by atoms with E-state index in [1.54, 1.807) is 0 Å². The molecular weight excluding hydrogens is 64.0 g/mol. The summed E-state index contributed by atoms with van der Waals surface area (Å²) in [5.41, 5.74) is 0. The highest BCUT2D eigenvalue weighted by Crippen LogP contribution is 2.17. The Bertz CT molecular complexity index is 36.9. The van der Waals surface area contributed by atoms with Crippen molar-refractivity contribution in [3.8, 4) is 0 Å². The molecule has 1 nitrogen and oxygen atoms in total. The lowest BCUT2D eigenvalue weighted by Gasteiger charge is -1.57. The summed E-state index contributed by atoms with van der Waals surface area (Å²) in [6.07, 6.45) is 0.741. The van der Waals surface area contributed by atoms with Crippen LogP contribution in [0.5, 0.6) is 0 Å². The van der Waals surface area contributed by atoms with Gasteiger partial charge in [-0.25, -0.2) is 0 Å². The molecular formula is C4H7O. The third kappa shape index (κ3) is 0.428. The Morgan fingerprint density at radius 2 is 2.00 bits per heavy atom. The number of epoxide rings is 1. The van der Waals surface area contributed by atoms with E-state index in [-0.39, 0.29) is 0 Å². The first-order chi connectivity index (χ1) is 2.30. The third-order valence-electron chi connectivity index (χ3n) is 0.836. The molecule has 0 amide bonds. The monoisotopic (exact) mass is 71.0 g/mol. The minimum absolute atomic E-state index is 0.301. The average Bonchev–Trinajstić information content (AvgIpc) is 1.79. The smallest absolute Gasteiger partial charge is 0.0840 e. The minimum atomic E-state index is 0.301. The maximum Gasteiger partial charge on any atom is 0.0840 e. The Morgan fingerprint density at radius 1 is 1.80 bits per heavy atom. The van der Waals surface area contributed by atoms with E-state index in [0.29, 0.717) is 12.2 Å². The number of hydrogen-bond acceptors (Lipinski definition) is 1. The fourth-order valence-electron chi connectivity index (χ4n) is 0.230. The van der Waals surface area contributed by atoms with Crippen molar-refractivity contribution in [1.82, 2.24) is 0 Å². The largest absolute Gasteiger partial charge is 0.370 e. The van der Waals surface area contributed by atoms with E-state index in [0.717, 1.165) is 0 Å². The molecule has 29 valence electrons. The molecule has 0 aromatic heterocycles. The predicted octanol–water partition coefficient (Wildman–Crippen LogP) is 0.608. The zero-order valence-electron chi connectivity index (χ0n) is 3.27. The highest BCUT2D eigenvalue weighted by molar-refractivity contribution is 4.81. The van der Waals surface area contributed by atoms with Crippen LogP contribution in [0.1, 0.15) is 6.92 Å². The van der Waals surface area contributed by atoms with Gasteiger partial charge < -0.3 is 4.74 Å². The molecule has 1 heteroatoms. The second kappa shape index (κ2) is 0.716. The van der Waals surface area contributed by atoms with Crippen molar-refractivity contribution in [2.45, 2.75) is 19.1 Å². The Hall–Kier alpha value is -0.0400. The SMILES string of the molecule is [CH2][C@@H]1OC1C. The summed E-state index contributed by atoms with van der Waals surface area (Å²) in [6.45, 7) is 5.62. The number of hydrogen-bond donors (Lipinski definition) is 0. The average molecular weight is 71.1 g/mol. The number of rotatable bonds is 0. The van der Waals surface area contributed by atoms with Crippen molar-refractivity contribution in [3.05, 3.63) is 6.92 Å². The van der Waals surface area contributed by atoms with Crippen LogP contribution in [0, 0.1) is 6.92 Å². The fourth-order valence-corrected chi connectivity index (χ4v) is 0.230. The lowest BCUT2D eigenvalue weighted by atomic mass is 10.4. The first-order valence-electron chi connectivity index (χ1n) is 1.79. The summed E-state index contributed by atoms with van der Waals surface area (Å²) < 4.78 is 4.81. The van der Waals surface area contributed by atoms with Crippen LogP contribution in [-0.2, 0) is 4.74 Å². The summed E-state index contributed by atoms with van der Waals surface area (Å²) in [6, 6.07) is 0. The van der Waals surface area contributed by atoms with Gasteiger partial charge >= 0.3 is 0 Å². The Kier molecular flexibility index (Phi) is 0.453. The van der Waals surface area contributed by atoms with Crippen LogP contribution in [0.4, 0.5) is 0 Å². The predicted molar refractivity (Wildman–Crippen MR) is 19.7 cm³/mol. The Morgan fingerprint density at radius 3 is 2.00 bits per heavy atom. The zero-order chi connectivity index (χ0) is 3.86. The van der Waals surface area contributed by atoms with Crippen molar-refractivity contribution in [1.29, 1.82) is 0 Å². The number of ether oxygens (including phenoxy) is 1. The molecule has 1 unspecified atom stereocenters. The first kappa shape index (κ1) is 3.16. The van der Waals surface area contributed by atoms with Crippen molar-refractivity contribution in [2.24, 2.45) is 0 Å². The van der Waals surface area contributed by atoms with Crippen LogP contribution in [-0.4, -0.2) is 12.2 Å². The van der Waals surface area contributed by atoms with Gasteiger partial charge in [-0.15, -0.1) is 0 Å². The van der Waals surface area contributed by atoms with E-state index in [9.17, 15) is 0 Å². The van der Waals surface area contributed by atoms with Gasteiger partial charge in [0.15, 0.2) is 0 Å². The van der Waals surface area contributed by atoms with E-state index in [4.69, 9.17) is 4.74 Å². The fraction of sp³-hybridized carbons (Fsp3) is 0.750. The van der Waals surface area contributed by atoms with Crippen LogP contribution in [0.2, 0.25) is 0 Å². The normalized spacial score (nSPS) is 49.2. The molecule has 0 N–H and O–H groups in total. The highest BCUT2D eigenvalue weighted by atomic mass is 16.6. The molecule has 0 spiro atoms. The van der Waals surface area contributed by atoms with Gasteiger partial charge in [0.1, 0.15) is 0 Å². The van der Waals surface area contributed by atoms with Gasteiger partial charge in [-0.2, -0.15) is 0 Å². The molecule has 1 aliphatic rings. The van der Waals surface area contributed by atoms with E-state index >= 15 is 0 Å². The maximum atomic E-state index is 4.81. The topological polar surface area (TPSA) is 12.5 Å². The molecule has 0 aromatic rings. The van der Waals surface area contributed by atoms with Gasteiger partial charge in [0.25, 0.3) is 0 Å². The summed E-state index contributed by atoms with van der Waals surface area (Å²) in [5.74, 6) is 0. The molecule has 1 saturated heterocycles. The Balaban J connectivity index is 2.20. The Labute approximate surface area is 31.9 Å². The molecule has 1 aliphatic heterocycles. The lowest BCUT2D eigenvalue weighted by Crippen LogP contribution is -1.74. The second-order valence-electron chi connectivity index (χ2n) is 1.38. The van der Waals surface area contributed by atoms with Gasteiger partial charge in [-0.3, -0.25) is 0 Å². The molecule has 0 bridgehead atoms. The molecule has 1 fully saturated rings. The molecule has 0 aromatic carbocycles. The zero-order valence-corrected chi connectivity index (χ0v) is 3.27. The second-order valence-corrected chi connectivity index (χ2v) is 1.38. The molecule has 1 rings (SSSR count). The van der Waals surface area contributed by atoms with Crippen molar-refractivity contribution in [2.75, 3.05) is 0 Å². The summed E-state index contributed by atoms with van der Waals surface area (Å²) in [4.78, 5) is 0. The maximum absolute atomic E-state index is 4.81. The molecule has 5 heavy (non-hydrogen) atoms. The van der Waals surface area contributed by atoms with Crippen LogP contribution < -0.4 is 0 Å². The molecule has 1 radical (unpaired) electrons. The summed E-state index contributed by atoms with van der Waals surface area (Å²) in [5, 5.41) is 0. The summed E-state index contributed by atoms with van der Waals surface area (Å²) in [7, 11) is 0. The van der Waals surface area contributed by atoms with Crippen LogP contribution in [0.3, 0.4) is 0 Å². The minimum Gasteiger partial charge on any atom is -0.370 e. The summed E-state index contributed by atoms with van der Waals surface area (Å²) >= 11 is 0. The van der Waals surface area contributed by atoms with E-state index in [2.05, 4.69) is 6.92 Å². The van der Waals surface area contributed by atoms with E-state index in [1.807, 2.05) is 6.92 Å². The molecule has 2 atom stereocenters. The van der Waals surface area contributed by atoms with Gasteiger partial charge in [0.05, 0.1) is 12.2 Å². The van der Waals surface area contributed by atoms with Crippen molar-refractivity contribution < 1.29 is 4.74 Å². The standard InChI is InChI=1S/C4H7O/c1-3-4(2)5-3/h3-4H,1H2,2H3/t3-,4?/m0/s1. The van der Waals surface area contributed by atoms with E-state index in [1.165, 1.54) is 0 Å². The lowest BCUT2D eigenvalue weighted by molar-refractivity contribution is 0.399. The van der Waals surface area contributed by atoms with Crippen LogP contribution in [0.25, 0.3) is 0 Å². The van der Waals surface area contributed by atoms with Gasteiger partial charge in [-0.1, -0.05) is 0 Å². The van der Waals surface area contributed by atoms with Crippen LogP contribution in [0.15, 0.2) is 0 Å². The van der Waals surface area contributed by atoms with Gasteiger partial charge in [-0.05, 0) is 13.8 Å². The molecule has 0 aliphatic carbocycles. The van der Waals surface area contributed by atoms with Crippen LogP contribution >= 0.6 is 0 Å². The third-order valence-corrected chi connectivity index (χ3v) is 0.836.